The largest absolute Gasteiger partial charge is 0.494 e. The summed E-state index contributed by atoms with van der Waals surface area (Å²) < 4.78 is 12.0. The van der Waals surface area contributed by atoms with E-state index < -0.39 is 0 Å². The predicted octanol–water partition coefficient (Wildman–Crippen LogP) is 4.26. The molecule has 1 aliphatic rings. The van der Waals surface area contributed by atoms with Gasteiger partial charge in [0.2, 0.25) is 5.91 Å². The summed E-state index contributed by atoms with van der Waals surface area (Å²) in [5.41, 5.74) is 1.96. The second-order valence-electron chi connectivity index (χ2n) is 6.53. The number of aromatic nitrogens is 1. The minimum atomic E-state index is -0.0975. The Morgan fingerprint density at radius 1 is 1.30 bits per heavy atom. The van der Waals surface area contributed by atoms with E-state index in [0.717, 1.165) is 33.1 Å². The van der Waals surface area contributed by atoms with Crippen molar-refractivity contribution in [2.75, 3.05) is 24.7 Å². The van der Waals surface area contributed by atoms with Gasteiger partial charge in [-0.05, 0) is 37.1 Å². The third kappa shape index (κ3) is 3.96. The monoisotopic (exact) mass is 382 g/mol. The van der Waals surface area contributed by atoms with E-state index in [4.69, 9.17) is 14.5 Å². The molecule has 1 fully saturated rings. The van der Waals surface area contributed by atoms with E-state index in [1.807, 2.05) is 55.5 Å². The van der Waals surface area contributed by atoms with Crippen LogP contribution in [0.2, 0.25) is 0 Å². The average Bonchev–Trinajstić information content (AvgIpc) is 3.36. The van der Waals surface area contributed by atoms with E-state index in [2.05, 4.69) is 0 Å². The molecule has 0 spiro atoms. The molecule has 1 saturated heterocycles. The van der Waals surface area contributed by atoms with Crippen molar-refractivity contribution in [3.8, 4) is 5.75 Å². The molecular weight excluding hydrogens is 360 g/mol. The summed E-state index contributed by atoms with van der Waals surface area (Å²) in [4.78, 5) is 19.7. The van der Waals surface area contributed by atoms with Gasteiger partial charge in [0, 0.05) is 6.61 Å². The number of hydrogen-bond acceptors (Lipinski definition) is 5. The molecule has 0 bridgehead atoms. The molecule has 1 aromatic heterocycles. The summed E-state index contributed by atoms with van der Waals surface area (Å²) in [6.07, 6.45) is 0.767. The summed E-state index contributed by atoms with van der Waals surface area (Å²) >= 11 is 1.52. The normalized spacial score (nSPS) is 16.6. The van der Waals surface area contributed by atoms with Crippen LogP contribution in [0.25, 0.3) is 10.2 Å². The van der Waals surface area contributed by atoms with Crippen LogP contribution in [0.1, 0.15) is 18.9 Å². The van der Waals surface area contributed by atoms with E-state index in [1.165, 1.54) is 11.3 Å². The summed E-state index contributed by atoms with van der Waals surface area (Å²) in [5, 5.41) is 0.722. The zero-order valence-electron chi connectivity index (χ0n) is 15.3. The molecular formula is C21H22N2O3S. The summed E-state index contributed by atoms with van der Waals surface area (Å²) in [6.45, 7) is 4.23. The Balaban J connectivity index is 1.68. The fourth-order valence-electron chi connectivity index (χ4n) is 3.22. The summed E-state index contributed by atoms with van der Waals surface area (Å²) in [5.74, 6) is 0.811. The molecule has 0 N–H and O–H groups in total. The van der Waals surface area contributed by atoms with Crippen LogP contribution >= 0.6 is 11.3 Å². The number of carbonyl (C=O) groups excluding carboxylic acids is 1. The van der Waals surface area contributed by atoms with Crippen molar-refractivity contribution in [1.82, 2.24) is 4.98 Å². The van der Waals surface area contributed by atoms with E-state index in [9.17, 15) is 4.79 Å². The quantitative estimate of drug-likeness (QED) is 0.639. The molecule has 27 heavy (non-hydrogen) atoms. The molecule has 3 aromatic rings. The molecule has 4 rings (SSSR count). The third-order valence-electron chi connectivity index (χ3n) is 4.62. The molecule has 1 aliphatic heterocycles. The van der Waals surface area contributed by atoms with Crippen molar-refractivity contribution >= 4 is 32.6 Å². The van der Waals surface area contributed by atoms with Crippen LogP contribution in [0, 0.1) is 5.92 Å². The van der Waals surface area contributed by atoms with Crippen molar-refractivity contribution in [2.24, 2.45) is 5.92 Å². The van der Waals surface area contributed by atoms with Crippen LogP contribution in [0.5, 0.6) is 5.75 Å². The second-order valence-corrected chi connectivity index (χ2v) is 7.54. The van der Waals surface area contributed by atoms with Gasteiger partial charge in [0.25, 0.3) is 0 Å². The van der Waals surface area contributed by atoms with Crippen molar-refractivity contribution in [3.05, 3.63) is 54.1 Å². The number of rotatable bonds is 6. The minimum Gasteiger partial charge on any atom is -0.494 e. The fourth-order valence-corrected chi connectivity index (χ4v) is 4.22. The fraction of sp³-hybridized carbons (Fsp3) is 0.333. The standard InChI is InChI=1S/C21H22N2O3S/c1-2-26-17-8-9-18-19(12-17)27-21(22-18)23(13-15-6-4-3-5-7-15)20(24)16-10-11-25-14-16/h3-9,12,16H,2,10-11,13-14H2,1H3. The van der Waals surface area contributed by atoms with E-state index in [-0.39, 0.29) is 11.8 Å². The van der Waals surface area contributed by atoms with Gasteiger partial charge in [-0.25, -0.2) is 4.98 Å². The highest BCUT2D eigenvalue weighted by atomic mass is 32.1. The van der Waals surface area contributed by atoms with E-state index in [0.29, 0.717) is 26.4 Å². The lowest BCUT2D eigenvalue weighted by molar-refractivity contribution is -0.122. The predicted molar refractivity (Wildman–Crippen MR) is 107 cm³/mol. The second kappa shape index (κ2) is 8.06. The maximum absolute atomic E-state index is 13.2. The molecule has 0 radical (unpaired) electrons. The zero-order chi connectivity index (χ0) is 18.6. The zero-order valence-corrected chi connectivity index (χ0v) is 16.1. The van der Waals surface area contributed by atoms with Gasteiger partial charge in [0.1, 0.15) is 5.75 Å². The minimum absolute atomic E-state index is 0.0837. The molecule has 1 unspecified atom stereocenters. The first kappa shape index (κ1) is 17.9. The first-order valence-corrected chi connectivity index (χ1v) is 10.0. The lowest BCUT2D eigenvalue weighted by Crippen LogP contribution is -2.36. The topological polar surface area (TPSA) is 51.7 Å². The van der Waals surface area contributed by atoms with Crippen molar-refractivity contribution < 1.29 is 14.3 Å². The first-order chi connectivity index (χ1) is 13.2. The third-order valence-corrected chi connectivity index (χ3v) is 5.66. The van der Waals surface area contributed by atoms with Crippen LogP contribution < -0.4 is 9.64 Å². The highest BCUT2D eigenvalue weighted by Gasteiger charge is 2.30. The Morgan fingerprint density at radius 2 is 2.15 bits per heavy atom. The Labute approximate surface area is 162 Å². The van der Waals surface area contributed by atoms with Crippen molar-refractivity contribution in [2.45, 2.75) is 19.9 Å². The highest BCUT2D eigenvalue weighted by molar-refractivity contribution is 7.22. The number of anilines is 1. The maximum Gasteiger partial charge on any atom is 0.234 e. The lowest BCUT2D eigenvalue weighted by atomic mass is 10.1. The number of amides is 1. The van der Waals surface area contributed by atoms with Crippen LogP contribution in [0.3, 0.4) is 0 Å². The van der Waals surface area contributed by atoms with Crippen LogP contribution in [-0.4, -0.2) is 30.7 Å². The van der Waals surface area contributed by atoms with Crippen molar-refractivity contribution in [1.29, 1.82) is 0 Å². The van der Waals surface area contributed by atoms with Gasteiger partial charge in [0.15, 0.2) is 5.13 Å². The number of hydrogen-bond donors (Lipinski definition) is 0. The summed E-state index contributed by atoms with van der Waals surface area (Å²) in [7, 11) is 0. The first-order valence-electron chi connectivity index (χ1n) is 9.21. The van der Waals surface area contributed by atoms with Gasteiger partial charge in [-0.3, -0.25) is 9.69 Å². The molecule has 5 nitrogen and oxygen atoms in total. The van der Waals surface area contributed by atoms with Crippen molar-refractivity contribution in [3.63, 3.8) is 0 Å². The number of carbonyl (C=O) groups is 1. The smallest absolute Gasteiger partial charge is 0.234 e. The van der Waals surface area contributed by atoms with Gasteiger partial charge >= 0.3 is 0 Å². The number of benzene rings is 2. The average molecular weight is 382 g/mol. The lowest BCUT2D eigenvalue weighted by Gasteiger charge is -2.22. The molecule has 140 valence electrons. The van der Waals surface area contributed by atoms with Crippen LogP contribution in [-0.2, 0) is 16.1 Å². The molecule has 0 saturated carbocycles. The molecule has 1 amide bonds. The van der Waals surface area contributed by atoms with Crippen LogP contribution in [0.15, 0.2) is 48.5 Å². The molecule has 2 aromatic carbocycles. The SMILES string of the molecule is CCOc1ccc2nc(N(Cc3ccccc3)C(=O)C3CCOC3)sc2c1. The van der Waals surface area contributed by atoms with Gasteiger partial charge in [-0.2, -0.15) is 0 Å². The molecule has 1 atom stereocenters. The maximum atomic E-state index is 13.2. The van der Waals surface area contributed by atoms with Gasteiger partial charge in [-0.1, -0.05) is 41.7 Å². The summed E-state index contributed by atoms with van der Waals surface area (Å²) in [6, 6.07) is 15.9. The number of nitrogens with zero attached hydrogens (tertiary/aromatic N) is 2. The highest BCUT2D eigenvalue weighted by Crippen LogP contribution is 2.33. The Bertz CT molecular complexity index is 920. The number of ether oxygens (including phenoxy) is 2. The Kier molecular flexibility index (Phi) is 5.36. The van der Waals surface area contributed by atoms with Gasteiger partial charge < -0.3 is 9.47 Å². The molecule has 6 heteroatoms. The van der Waals surface area contributed by atoms with E-state index >= 15 is 0 Å². The van der Waals surface area contributed by atoms with Gasteiger partial charge in [-0.15, -0.1) is 0 Å². The van der Waals surface area contributed by atoms with E-state index in [1.54, 1.807) is 4.90 Å². The van der Waals surface area contributed by atoms with Gasteiger partial charge in [0.05, 0.1) is 35.9 Å². The molecule has 2 heterocycles. The number of fused-ring (bicyclic) bond motifs is 1. The molecule has 0 aliphatic carbocycles. The Hall–Kier alpha value is -2.44. The van der Waals surface area contributed by atoms with Crippen LogP contribution in [0.4, 0.5) is 5.13 Å². The number of thiazole rings is 1. The Morgan fingerprint density at radius 3 is 2.89 bits per heavy atom.